The zero-order valence-corrected chi connectivity index (χ0v) is 13.1. The highest BCUT2D eigenvalue weighted by molar-refractivity contribution is 5.12. The normalized spacial score (nSPS) is 20.0. The average molecular weight is 281 g/mol. The van der Waals surface area contributed by atoms with E-state index >= 15 is 0 Å². The van der Waals surface area contributed by atoms with Gasteiger partial charge in [-0.1, -0.05) is 0 Å². The third-order valence-electron chi connectivity index (χ3n) is 4.27. The second-order valence-corrected chi connectivity index (χ2v) is 5.56. The Kier molecular flexibility index (Phi) is 5.18. The van der Waals surface area contributed by atoms with Gasteiger partial charge in [0.2, 0.25) is 0 Å². The summed E-state index contributed by atoms with van der Waals surface area (Å²) in [6.07, 6.45) is 2.82. The van der Waals surface area contributed by atoms with Crippen LogP contribution in [0.3, 0.4) is 0 Å². The number of nitrogens with one attached hydrogen (secondary N) is 1. The molecule has 0 bridgehead atoms. The monoisotopic (exact) mass is 281 g/mol. The molecule has 1 aliphatic heterocycles. The number of aryl methyl sites for hydroxylation is 2. The molecule has 0 radical (unpaired) electrons. The molecule has 1 aromatic rings. The molecule has 5 heteroatoms. The fourth-order valence-corrected chi connectivity index (χ4v) is 3.21. The van der Waals surface area contributed by atoms with Gasteiger partial charge < -0.3 is 14.8 Å². The van der Waals surface area contributed by atoms with Gasteiger partial charge in [0.15, 0.2) is 0 Å². The number of hydrogen-bond donors (Lipinski definition) is 1. The van der Waals surface area contributed by atoms with Crippen LogP contribution in [0.15, 0.2) is 6.07 Å². The van der Waals surface area contributed by atoms with E-state index in [9.17, 15) is 0 Å². The summed E-state index contributed by atoms with van der Waals surface area (Å²) < 4.78 is 13.7. The van der Waals surface area contributed by atoms with Gasteiger partial charge in [-0.2, -0.15) is 5.10 Å². The first-order chi connectivity index (χ1) is 9.61. The van der Waals surface area contributed by atoms with Crippen LogP contribution < -0.4 is 5.32 Å². The van der Waals surface area contributed by atoms with Gasteiger partial charge in [-0.25, -0.2) is 0 Å². The smallest absolute Gasteiger partial charge is 0.0882 e. The van der Waals surface area contributed by atoms with E-state index in [1.807, 2.05) is 25.7 Å². The Morgan fingerprint density at radius 3 is 2.70 bits per heavy atom. The Balaban J connectivity index is 2.17. The number of aromatic nitrogens is 2. The molecule has 1 aliphatic rings. The van der Waals surface area contributed by atoms with Crippen LogP contribution in [0.1, 0.15) is 31.2 Å². The van der Waals surface area contributed by atoms with Crippen LogP contribution in [0.5, 0.6) is 0 Å². The van der Waals surface area contributed by atoms with Crippen molar-refractivity contribution in [3.05, 3.63) is 17.5 Å². The maximum absolute atomic E-state index is 6.17. The minimum absolute atomic E-state index is 0.125. The van der Waals surface area contributed by atoms with E-state index in [4.69, 9.17) is 9.47 Å². The lowest BCUT2D eigenvalue weighted by Crippen LogP contribution is -2.55. The maximum Gasteiger partial charge on any atom is 0.0882 e. The Morgan fingerprint density at radius 2 is 2.20 bits per heavy atom. The van der Waals surface area contributed by atoms with Crippen molar-refractivity contribution in [2.75, 3.05) is 26.9 Å². The number of rotatable bonds is 6. The molecule has 2 heterocycles. The molecule has 1 unspecified atom stereocenters. The standard InChI is InChI=1S/C15H27N3O2/c1-5-20-15(6-8-19-9-7-15)14(16-3)11-13-10-12(2)17-18(13)4/h10,14,16H,5-9,11H2,1-4H3. The fourth-order valence-electron chi connectivity index (χ4n) is 3.21. The Morgan fingerprint density at radius 1 is 1.50 bits per heavy atom. The van der Waals surface area contributed by atoms with E-state index in [0.29, 0.717) is 0 Å². The molecule has 1 saturated heterocycles. The molecule has 2 rings (SSSR count). The van der Waals surface area contributed by atoms with Gasteiger partial charge in [-0.3, -0.25) is 4.68 Å². The summed E-state index contributed by atoms with van der Waals surface area (Å²) in [5.74, 6) is 0. The average Bonchev–Trinajstić information content (AvgIpc) is 2.75. The van der Waals surface area contributed by atoms with Crippen LogP contribution in [-0.2, 0) is 22.9 Å². The predicted molar refractivity (Wildman–Crippen MR) is 78.9 cm³/mol. The molecule has 0 spiro atoms. The van der Waals surface area contributed by atoms with Gasteiger partial charge in [-0.05, 0) is 27.0 Å². The number of ether oxygens (including phenoxy) is 2. The largest absolute Gasteiger partial charge is 0.381 e. The molecule has 0 amide bonds. The van der Waals surface area contributed by atoms with E-state index in [1.54, 1.807) is 0 Å². The molecule has 20 heavy (non-hydrogen) atoms. The summed E-state index contributed by atoms with van der Waals surface area (Å²) in [5.41, 5.74) is 2.18. The predicted octanol–water partition coefficient (Wildman–Crippen LogP) is 1.44. The molecular formula is C15H27N3O2. The van der Waals surface area contributed by atoms with Gasteiger partial charge >= 0.3 is 0 Å². The lowest BCUT2D eigenvalue weighted by atomic mass is 9.83. The summed E-state index contributed by atoms with van der Waals surface area (Å²) in [6.45, 7) is 6.40. The van der Waals surface area contributed by atoms with Crippen LogP contribution in [0.25, 0.3) is 0 Å². The molecule has 114 valence electrons. The van der Waals surface area contributed by atoms with Gasteiger partial charge in [0.05, 0.1) is 11.3 Å². The molecule has 1 atom stereocenters. The van der Waals surface area contributed by atoms with Crippen molar-refractivity contribution >= 4 is 0 Å². The molecule has 0 saturated carbocycles. The van der Waals surface area contributed by atoms with Crippen LogP contribution >= 0.6 is 0 Å². The van der Waals surface area contributed by atoms with Crippen molar-refractivity contribution in [2.24, 2.45) is 7.05 Å². The second kappa shape index (κ2) is 6.70. The van der Waals surface area contributed by atoms with Gasteiger partial charge in [0.1, 0.15) is 0 Å². The summed E-state index contributed by atoms with van der Waals surface area (Å²) >= 11 is 0. The van der Waals surface area contributed by atoms with Crippen molar-refractivity contribution in [1.29, 1.82) is 0 Å². The molecular weight excluding hydrogens is 254 g/mol. The number of hydrogen-bond acceptors (Lipinski definition) is 4. The molecule has 1 N–H and O–H groups in total. The second-order valence-electron chi connectivity index (χ2n) is 5.56. The summed E-state index contributed by atoms with van der Waals surface area (Å²) in [6, 6.07) is 2.43. The Hall–Kier alpha value is -0.910. The first kappa shape index (κ1) is 15.5. The summed E-state index contributed by atoms with van der Waals surface area (Å²) in [4.78, 5) is 0. The van der Waals surface area contributed by atoms with Crippen LogP contribution in [-0.4, -0.2) is 48.3 Å². The van der Waals surface area contributed by atoms with E-state index in [0.717, 1.165) is 44.8 Å². The van der Waals surface area contributed by atoms with Crippen molar-refractivity contribution in [1.82, 2.24) is 15.1 Å². The first-order valence-corrected chi connectivity index (χ1v) is 7.50. The highest BCUT2D eigenvalue weighted by atomic mass is 16.5. The number of nitrogens with zero attached hydrogens (tertiary/aromatic N) is 2. The fraction of sp³-hybridized carbons (Fsp3) is 0.800. The van der Waals surface area contributed by atoms with E-state index in [-0.39, 0.29) is 11.6 Å². The van der Waals surface area contributed by atoms with Crippen LogP contribution in [0.4, 0.5) is 0 Å². The van der Waals surface area contributed by atoms with Crippen molar-refractivity contribution in [3.8, 4) is 0 Å². The van der Waals surface area contributed by atoms with Crippen LogP contribution in [0.2, 0.25) is 0 Å². The minimum atomic E-state index is -0.125. The molecule has 5 nitrogen and oxygen atoms in total. The van der Waals surface area contributed by atoms with Gasteiger partial charge in [0, 0.05) is 57.9 Å². The van der Waals surface area contributed by atoms with Crippen LogP contribution in [0, 0.1) is 6.92 Å². The quantitative estimate of drug-likeness (QED) is 0.857. The third-order valence-corrected chi connectivity index (χ3v) is 4.27. The highest BCUT2D eigenvalue weighted by Gasteiger charge is 2.40. The topological polar surface area (TPSA) is 48.3 Å². The van der Waals surface area contributed by atoms with Crippen molar-refractivity contribution < 1.29 is 9.47 Å². The summed E-state index contributed by atoms with van der Waals surface area (Å²) in [5, 5.41) is 7.90. The van der Waals surface area contributed by atoms with Gasteiger partial charge in [-0.15, -0.1) is 0 Å². The highest BCUT2D eigenvalue weighted by Crippen LogP contribution is 2.30. The first-order valence-electron chi connectivity index (χ1n) is 7.50. The molecule has 0 aromatic carbocycles. The van der Waals surface area contributed by atoms with E-state index < -0.39 is 0 Å². The SMILES string of the molecule is CCOC1(C(Cc2cc(C)nn2C)NC)CCOCC1. The maximum atomic E-state index is 6.17. The van der Waals surface area contributed by atoms with E-state index in [2.05, 4.69) is 23.4 Å². The Labute approximate surface area is 121 Å². The van der Waals surface area contributed by atoms with Crippen molar-refractivity contribution in [3.63, 3.8) is 0 Å². The molecule has 0 aliphatic carbocycles. The van der Waals surface area contributed by atoms with E-state index in [1.165, 1.54) is 5.69 Å². The minimum Gasteiger partial charge on any atom is -0.381 e. The molecule has 1 fully saturated rings. The number of likely N-dealkylation sites (N-methyl/N-ethyl adjacent to an activating group) is 1. The molecule has 1 aromatic heterocycles. The van der Waals surface area contributed by atoms with Crippen molar-refractivity contribution in [2.45, 2.75) is 44.8 Å². The zero-order valence-electron chi connectivity index (χ0n) is 13.1. The Bertz CT molecular complexity index is 419. The van der Waals surface area contributed by atoms with Gasteiger partial charge in [0.25, 0.3) is 0 Å². The lowest BCUT2D eigenvalue weighted by Gasteiger charge is -2.43. The lowest BCUT2D eigenvalue weighted by molar-refractivity contribution is -0.125. The third kappa shape index (κ3) is 3.22. The summed E-state index contributed by atoms with van der Waals surface area (Å²) in [7, 11) is 4.02. The zero-order chi connectivity index (χ0) is 14.6.